The molecule has 12 aromatic rings. The molecule has 1 aliphatic carbocycles. The molecule has 0 saturated heterocycles. The number of hydrogen-bond acceptors (Lipinski definition) is 0. The van der Waals surface area contributed by atoms with Crippen molar-refractivity contribution in [1.82, 2.24) is 0 Å². The zero-order chi connectivity index (χ0) is 47.9. The quantitative estimate of drug-likeness (QED) is 0.120. The molecule has 1 aliphatic rings. The van der Waals surface area contributed by atoms with Gasteiger partial charge in [-0.25, -0.2) is 0 Å². The van der Waals surface area contributed by atoms with Crippen molar-refractivity contribution in [3.63, 3.8) is 0 Å². The Bertz CT molecular complexity index is 3850. The highest BCUT2D eigenvalue weighted by Gasteiger charge is 2.39. The van der Waals surface area contributed by atoms with Crippen LogP contribution in [-0.2, 0) is 0 Å². The van der Waals surface area contributed by atoms with Crippen LogP contribution in [0.15, 0.2) is 332 Å². The number of fused-ring (bicyclic) bond motifs is 4. The Hall–Kier alpha value is -8.14. The second kappa shape index (κ2) is 18.6. The van der Waals surface area contributed by atoms with Crippen molar-refractivity contribution in [2.45, 2.75) is 45.9 Å². The van der Waals surface area contributed by atoms with Crippen LogP contribution in [0.1, 0.15) is 6.42 Å². The van der Waals surface area contributed by atoms with Gasteiger partial charge in [0.05, 0.1) is 0 Å². The van der Waals surface area contributed by atoms with Crippen molar-refractivity contribution >= 4 is 63.1 Å². The Morgan fingerprint density at radius 3 is 1.11 bits per heavy atom. The molecule has 0 spiro atoms. The van der Waals surface area contributed by atoms with Gasteiger partial charge in [0.2, 0.25) is 0 Å². The highest BCUT2D eigenvalue weighted by atomic mass is 32.3. The van der Waals surface area contributed by atoms with E-state index in [-0.39, 0.29) is 5.25 Å². The molecule has 0 nitrogen and oxygen atoms in total. The first-order valence-corrected chi connectivity index (χ1v) is 28.3. The van der Waals surface area contributed by atoms with Crippen LogP contribution in [0.5, 0.6) is 0 Å². The number of benzene rings is 12. The number of rotatable bonds is 10. The third-order valence-corrected chi connectivity index (χ3v) is 23.0. The summed E-state index contributed by atoms with van der Waals surface area (Å²) in [5.74, 6) is 0. The van der Waals surface area contributed by atoms with E-state index < -0.39 is 20.1 Å². The zero-order valence-corrected chi connectivity index (χ0v) is 41.5. The number of allylic oxidation sites excluding steroid dienone is 3. The molecule has 0 N–H and O–H groups in total. The van der Waals surface area contributed by atoms with E-state index in [2.05, 4.69) is 297 Å². The monoisotopic (exact) mass is 956 g/mol. The van der Waals surface area contributed by atoms with E-state index >= 15 is 0 Å². The molecule has 13 rings (SSSR count). The van der Waals surface area contributed by atoms with Crippen LogP contribution in [0, 0.1) is 0 Å². The Kier molecular flexibility index (Phi) is 11.3. The summed E-state index contributed by atoms with van der Waals surface area (Å²) in [5.41, 5.74) is 5.01. The average molecular weight is 957 g/mol. The van der Waals surface area contributed by atoms with Gasteiger partial charge in [-0.15, -0.1) is 10.0 Å². The molecule has 0 bridgehead atoms. The molecule has 0 amide bonds. The van der Waals surface area contributed by atoms with Crippen molar-refractivity contribution in [2.75, 3.05) is 0 Å². The topological polar surface area (TPSA) is 0 Å². The maximum atomic E-state index is 2.63. The lowest BCUT2D eigenvalue weighted by atomic mass is 9.83. The molecule has 0 aromatic heterocycles. The van der Waals surface area contributed by atoms with Crippen molar-refractivity contribution in [3.05, 3.63) is 297 Å². The van der Waals surface area contributed by atoms with Gasteiger partial charge in [-0.2, -0.15) is 10.0 Å². The third-order valence-electron chi connectivity index (χ3n) is 14.8. The molecule has 12 aromatic carbocycles. The Morgan fingerprint density at radius 1 is 0.278 bits per heavy atom. The molecule has 72 heavy (non-hydrogen) atoms. The summed E-state index contributed by atoms with van der Waals surface area (Å²) in [6.45, 7) is 0. The van der Waals surface area contributed by atoms with Gasteiger partial charge in [-0.05, 0) is 171 Å². The fourth-order valence-electron chi connectivity index (χ4n) is 11.8. The predicted molar refractivity (Wildman–Crippen MR) is 309 cm³/mol. The Morgan fingerprint density at radius 2 is 0.667 bits per heavy atom. The molecule has 0 heterocycles. The highest BCUT2D eigenvalue weighted by molar-refractivity contribution is 8.34. The number of hydrogen-bond donors (Lipinski definition) is 0. The predicted octanol–water partition coefficient (Wildman–Crippen LogP) is 20.1. The molecule has 2 heteroatoms. The van der Waals surface area contributed by atoms with E-state index in [1.54, 1.807) is 0 Å². The molecule has 0 saturated carbocycles. The maximum Gasteiger partial charge on any atom is 0.0224 e. The molecule has 0 aliphatic heterocycles. The molecule has 0 radical (unpaired) electrons. The fraction of sp³-hybridized carbons (Fsp3) is 0.0286. The minimum Gasteiger partial charge on any atom is -0.154 e. The van der Waals surface area contributed by atoms with Crippen LogP contribution < -0.4 is 0 Å². The van der Waals surface area contributed by atoms with Gasteiger partial charge >= 0.3 is 0 Å². The first kappa shape index (κ1) is 43.8. The second-order valence-corrected chi connectivity index (χ2v) is 25.1. The molecule has 344 valence electrons. The maximum absolute atomic E-state index is 2.63. The second-order valence-electron chi connectivity index (χ2n) is 18.6. The van der Waals surface area contributed by atoms with Gasteiger partial charge in [0.1, 0.15) is 0 Å². The van der Waals surface area contributed by atoms with Crippen molar-refractivity contribution in [3.8, 4) is 22.3 Å². The van der Waals surface area contributed by atoms with Gasteiger partial charge in [0, 0.05) is 24.8 Å². The van der Waals surface area contributed by atoms with E-state index in [9.17, 15) is 0 Å². The minimum absolute atomic E-state index is 0.247. The largest absolute Gasteiger partial charge is 0.154 e. The summed E-state index contributed by atoms with van der Waals surface area (Å²) in [6, 6.07) is 103. The van der Waals surface area contributed by atoms with Gasteiger partial charge in [0.25, 0.3) is 0 Å². The Balaban J connectivity index is 1.24. The summed E-state index contributed by atoms with van der Waals surface area (Å²) in [7, 11) is -3.90. The summed E-state index contributed by atoms with van der Waals surface area (Å²) in [6.07, 6.45) is 10.3. The van der Waals surface area contributed by atoms with Crippen molar-refractivity contribution in [1.29, 1.82) is 0 Å². The smallest absolute Gasteiger partial charge is 0.0224 e. The summed E-state index contributed by atoms with van der Waals surface area (Å²) < 4.78 is 0. The van der Waals surface area contributed by atoms with Crippen LogP contribution >= 0.6 is 20.1 Å². The average Bonchev–Trinajstić information content (AvgIpc) is 3.46. The Labute approximate surface area is 425 Å². The van der Waals surface area contributed by atoms with Crippen LogP contribution in [0.4, 0.5) is 0 Å². The lowest BCUT2D eigenvalue weighted by Gasteiger charge is -2.47. The first-order valence-electron chi connectivity index (χ1n) is 25.0. The van der Waals surface area contributed by atoms with Crippen LogP contribution in [0.3, 0.4) is 0 Å². The lowest BCUT2D eigenvalue weighted by Crippen LogP contribution is -2.19. The van der Waals surface area contributed by atoms with Gasteiger partial charge in [-0.1, -0.05) is 212 Å². The summed E-state index contributed by atoms with van der Waals surface area (Å²) in [5, 5.41) is 10.2. The van der Waals surface area contributed by atoms with E-state index in [0.717, 1.165) is 6.42 Å². The van der Waals surface area contributed by atoms with Crippen molar-refractivity contribution < 1.29 is 0 Å². The normalized spacial score (nSPS) is 14.2. The van der Waals surface area contributed by atoms with Gasteiger partial charge in [-0.3, -0.25) is 0 Å². The molecule has 1 unspecified atom stereocenters. The third kappa shape index (κ3) is 7.08. The zero-order valence-electron chi connectivity index (χ0n) is 39.9. The van der Waals surface area contributed by atoms with Crippen LogP contribution in [0.25, 0.3) is 65.3 Å². The molecule has 0 fully saturated rings. The summed E-state index contributed by atoms with van der Waals surface area (Å²) in [4.78, 5) is 9.32. The summed E-state index contributed by atoms with van der Waals surface area (Å²) >= 11 is 0. The minimum atomic E-state index is -2.02. The molecule has 1 atom stereocenters. The van der Waals surface area contributed by atoms with E-state index in [0.29, 0.717) is 0 Å². The van der Waals surface area contributed by atoms with E-state index in [1.807, 2.05) is 0 Å². The van der Waals surface area contributed by atoms with Crippen LogP contribution in [-0.4, -0.2) is 5.25 Å². The van der Waals surface area contributed by atoms with Gasteiger partial charge in [0.15, 0.2) is 0 Å². The lowest BCUT2D eigenvalue weighted by molar-refractivity contribution is 1.01. The van der Waals surface area contributed by atoms with Crippen LogP contribution in [0.2, 0.25) is 0 Å². The fourth-order valence-corrected chi connectivity index (χ4v) is 20.0. The van der Waals surface area contributed by atoms with Gasteiger partial charge < -0.3 is 0 Å². The molecular formula is C70H52S2. The highest BCUT2D eigenvalue weighted by Crippen LogP contribution is 2.75. The van der Waals surface area contributed by atoms with Crippen molar-refractivity contribution in [2.24, 2.45) is 0 Å². The van der Waals surface area contributed by atoms with E-state index in [4.69, 9.17) is 0 Å². The molecular weight excluding hydrogens is 905 g/mol. The SMILES string of the molecule is C1=CCC(S(c2ccccc2)(c2ccccc2)c2ccc3c(-c4cccc5ccccc45)c4cc(S(c5ccccc5)(c5ccccc5)c5ccccc5)ccc4c(-c4cccc5ccccc45)c3c2)C=C1. The standard InChI is InChI=1S/C70H52S2/c1-7-29-53(30-8-1)71(54-31-9-2-10-32-54,55-33-11-3-12-34-55)59-45-47-65-67(49-59)69(63-43-23-27-51-25-19-21-41-61(51)63)66-48-46-60(50-68(66)70(65)64-44-24-28-52-26-20-22-42-62(52)64)72(56-35-13-4-14-36-56,57-37-15-5-16-38-57)58-39-17-6-18-40-58/h1-39,41-50,58H,40H2. The van der Waals surface area contributed by atoms with E-state index in [1.165, 1.54) is 99.6 Å². The first-order chi connectivity index (χ1) is 35.7.